The number of anilines is 1. The van der Waals surface area contributed by atoms with E-state index >= 15 is 0 Å². The Labute approximate surface area is 148 Å². The zero-order chi connectivity index (χ0) is 18.0. The first-order valence-electron chi connectivity index (χ1n) is 7.60. The van der Waals surface area contributed by atoms with Gasteiger partial charge >= 0.3 is 5.97 Å². The number of aryl methyl sites for hydroxylation is 1. The summed E-state index contributed by atoms with van der Waals surface area (Å²) in [5, 5.41) is 8.45. The van der Waals surface area contributed by atoms with Crippen molar-refractivity contribution in [3.8, 4) is 5.75 Å². The van der Waals surface area contributed by atoms with Crippen molar-refractivity contribution < 1.29 is 23.8 Å². The van der Waals surface area contributed by atoms with Gasteiger partial charge < -0.3 is 9.84 Å². The van der Waals surface area contributed by atoms with Crippen molar-refractivity contribution in [1.82, 2.24) is 0 Å². The molecule has 1 amide bonds. The Hall–Kier alpha value is -2.54. The van der Waals surface area contributed by atoms with Crippen molar-refractivity contribution in [1.29, 1.82) is 0 Å². The van der Waals surface area contributed by atoms with Crippen molar-refractivity contribution in [2.75, 3.05) is 17.3 Å². The number of hydrogen-bond acceptors (Lipinski definition) is 4. The van der Waals surface area contributed by atoms with Crippen LogP contribution in [0.15, 0.2) is 42.5 Å². The van der Waals surface area contributed by atoms with Gasteiger partial charge in [0.15, 0.2) is 6.61 Å². The van der Waals surface area contributed by atoms with Gasteiger partial charge in [-0.05, 0) is 48.4 Å². The molecule has 1 aliphatic rings. The summed E-state index contributed by atoms with van der Waals surface area (Å²) in [5.41, 5.74) is 2.38. The van der Waals surface area contributed by atoms with E-state index in [0.29, 0.717) is 11.5 Å². The molecule has 7 heteroatoms. The topological polar surface area (TPSA) is 66.8 Å². The van der Waals surface area contributed by atoms with Crippen LogP contribution in [0.1, 0.15) is 16.5 Å². The van der Waals surface area contributed by atoms with Gasteiger partial charge in [0.25, 0.3) is 0 Å². The molecule has 0 saturated carbocycles. The molecule has 0 spiro atoms. The van der Waals surface area contributed by atoms with Crippen LogP contribution in [0.5, 0.6) is 5.75 Å². The number of rotatable bonds is 5. The Bertz CT molecular complexity index is 809. The molecule has 3 rings (SSSR count). The van der Waals surface area contributed by atoms with E-state index in [1.165, 1.54) is 23.9 Å². The predicted molar refractivity (Wildman–Crippen MR) is 93.4 cm³/mol. The van der Waals surface area contributed by atoms with Crippen molar-refractivity contribution in [3.05, 3.63) is 59.4 Å². The molecule has 130 valence electrons. The van der Waals surface area contributed by atoms with Crippen LogP contribution < -0.4 is 9.64 Å². The predicted octanol–water partition coefficient (Wildman–Crippen LogP) is 3.38. The lowest BCUT2D eigenvalue weighted by Crippen LogP contribution is -2.28. The van der Waals surface area contributed by atoms with Crippen LogP contribution in [0.25, 0.3) is 0 Å². The van der Waals surface area contributed by atoms with E-state index in [1.807, 2.05) is 6.92 Å². The highest BCUT2D eigenvalue weighted by molar-refractivity contribution is 8.00. The number of halogens is 1. The van der Waals surface area contributed by atoms with Gasteiger partial charge in [-0.25, -0.2) is 9.18 Å². The SMILES string of the molecule is Cc1cc(OCC(=O)O)ccc1N1C(=O)CSC1c1ccc(F)cc1. The summed E-state index contributed by atoms with van der Waals surface area (Å²) in [6.45, 7) is 1.41. The molecule has 1 saturated heterocycles. The van der Waals surface area contributed by atoms with E-state index in [0.717, 1.165) is 16.8 Å². The fraction of sp³-hybridized carbons (Fsp3) is 0.222. The number of amides is 1. The largest absolute Gasteiger partial charge is 0.482 e. The summed E-state index contributed by atoms with van der Waals surface area (Å²) in [5.74, 6) is -0.619. The molecule has 0 bridgehead atoms. The second-order valence-electron chi connectivity index (χ2n) is 5.61. The molecular weight excluding hydrogens is 345 g/mol. The van der Waals surface area contributed by atoms with E-state index < -0.39 is 12.6 Å². The number of ether oxygens (including phenoxy) is 1. The van der Waals surface area contributed by atoms with Crippen LogP contribution in [-0.4, -0.2) is 29.3 Å². The number of carboxylic acids is 1. The van der Waals surface area contributed by atoms with E-state index in [2.05, 4.69) is 0 Å². The highest BCUT2D eigenvalue weighted by Crippen LogP contribution is 2.43. The summed E-state index contributed by atoms with van der Waals surface area (Å²) in [4.78, 5) is 24.7. The van der Waals surface area contributed by atoms with Crippen LogP contribution in [0.2, 0.25) is 0 Å². The normalized spacial score (nSPS) is 17.0. The molecule has 1 atom stereocenters. The number of carbonyl (C=O) groups is 2. The second kappa shape index (κ2) is 7.14. The number of carbonyl (C=O) groups excluding carboxylic acids is 1. The van der Waals surface area contributed by atoms with Crippen molar-refractivity contribution >= 4 is 29.3 Å². The number of carboxylic acid groups (broad SMARTS) is 1. The summed E-state index contributed by atoms with van der Waals surface area (Å²) in [6, 6.07) is 11.2. The van der Waals surface area contributed by atoms with E-state index in [-0.39, 0.29) is 17.1 Å². The molecular formula is C18H16FNO4S. The Morgan fingerprint density at radius 3 is 2.68 bits per heavy atom. The number of aliphatic carboxylic acids is 1. The summed E-state index contributed by atoms with van der Waals surface area (Å²) in [6.07, 6.45) is 0. The monoisotopic (exact) mass is 361 g/mol. The van der Waals surface area contributed by atoms with Gasteiger partial charge in [-0.2, -0.15) is 0 Å². The quantitative estimate of drug-likeness (QED) is 0.884. The van der Waals surface area contributed by atoms with Crippen LogP contribution in [0, 0.1) is 12.7 Å². The van der Waals surface area contributed by atoms with Gasteiger partial charge in [0.1, 0.15) is 16.9 Å². The number of thioether (sulfide) groups is 1. The van der Waals surface area contributed by atoms with E-state index in [4.69, 9.17) is 9.84 Å². The maximum Gasteiger partial charge on any atom is 0.341 e. The molecule has 0 radical (unpaired) electrons. The van der Waals surface area contributed by atoms with Gasteiger partial charge in [-0.15, -0.1) is 11.8 Å². The first kappa shape index (κ1) is 17.3. The molecule has 5 nitrogen and oxygen atoms in total. The molecule has 1 N–H and O–H groups in total. The maximum atomic E-state index is 13.2. The van der Waals surface area contributed by atoms with Crippen molar-refractivity contribution in [2.45, 2.75) is 12.3 Å². The third-order valence-corrected chi connectivity index (χ3v) is 5.03. The minimum Gasteiger partial charge on any atom is -0.482 e. The first-order chi connectivity index (χ1) is 12.0. The van der Waals surface area contributed by atoms with Crippen LogP contribution in [0.4, 0.5) is 10.1 Å². The number of benzene rings is 2. The molecule has 2 aromatic carbocycles. The number of nitrogens with zero attached hydrogens (tertiary/aromatic N) is 1. The van der Waals surface area contributed by atoms with Crippen LogP contribution in [-0.2, 0) is 9.59 Å². The van der Waals surface area contributed by atoms with Gasteiger partial charge in [-0.1, -0.05) is 12.1 Å². The molecule has 25 heavy (non-hydrogen) atoms. The fourth-order valence-corrected chi connectivity index (χ4v) is 3.86. The average molecular weight is 361 g/mol. The number of hydrogen-bond donors (Lipinski definition) is 1. The average Bonchev–Trinajstić information content (AvgIpc) is 2.95. The lowest BCUT2D eigenvalue weighted by Gasteiger charge is -2.26. The van der Waals surface area contributed by atoms with Crippen molar-refractivity contribution in [2.24, 2.45) is 0 Å². The lowest BCUT2D eigenvalue weighted by atomic mass is 10.1. The molecule has 0 aliphatic carbocycles. The van der Waals surface area contributed by atoms with Crippen LogP contribution in [0.3, 0.4) is 0 Å². The highest BCUT2D eigenvalue weighted by Gasteiger charge is 2.34. The maximum absolute atomic E-state index is 13.2. The Balaban J connectivity index is 1.88. The van der Waals surface area contributed by atoms with Crippen LogP contribution >= 0.6 is 11.8 Å². The summed E-state index contributed by atoms with van der Waals surface area (Å²) >= 11 is 1.48. The Kier molecular flexibility index (Phi) is 4.94. The third kappa shape index (κ3) is 3.76. The first-order valence-corrected chi connectivity index (χ1v) is 8.65. The standard InChI is InChI=1S/C18H16FNO4S/c1-11-8-14(24-9-17(22)23)6-7-15(11)20-16(21)10-25-18(20)12-2-4-13(19)5-3-12/h2-8,18H,9-10H2,1H3,(H,22,23). The smallest absolute Gasteiger partial charge is 0.341 e. The van der Waals surface area contributed by atoms with Crippen molar-refractivity contribution in [3.63, 3.8) is 0 Å². The molecule has 1 heterocycles. The lowest BCUT2D eigenvalue weighted by molar-refractivity contribution is -0.139. The minimum atomic E-state index is -1.05. The van der Waals surface area contributed by atoms with Gasteiger partial charge in [-0.3, -0.25) is 9.69 Å². The second-order valence-corrected chi connectivity index (χ2v) is 6.68. The van der Waals surface area contributed by atoms with Gasteiger partial charge in [0.2, 0.25) is 5.91 Å². The zero-order valence-electron chi connectivity index (χ0n) is 13.4. The Morgan fingerprint density at radius 1 is 1.32 bits per heavy atom. The van der Waals surface area contributed by atoms with E-state index in [9.17, 15) is 14.0 Å². The fourth-order valence-electron chi connectivity index (χ4n) is 2.69. The summed E-state index contributed by atoms with van der Waals surface area (Å²) in [7, 11) is 0. The zero-order valence-corrected chi connectivity index (χ0v) is 14.3. The molecule has 2 aromatic rings. The Morgan fingerprint density at radius 2 is 2.04 bits per heavy atom. The molecule has 1 unspecified atom stereocenters. The van der Waals surface area contributed by atoms with Gasteiger partial charge in [0.05, 0.1) is 5.75 Å². The highest BCUT2D eigenvalue weighted by atomic mass is 32.2. The summed E-state index contributed by atoms with van der Waals surface area (Å²) < 4.78 is 18.3. The molecule has 0 aromatic heterocycles. The third-order valence-electron chi connectivity index (χ3n) is 3.81. The van der Waals surface area contributed by atoms with Gasteiger partial charge in [0, 0.05) is 5.69 Å². The molecule has 1 aliphatic heterocycles. The van der Waals surface area contributed by atoms with E-state index in [1.54, 1.807) is 35.2 Å². The molecule has 1 fully saturated rings. The minimum absolute atomic E-state index is 0.0263.